The first-order valence-corrected chi connectivity index (χ1v) is 14.1. The van der Waals surface area contributed by atoms with E-state index in [0.29, 0.717) is 36.2 Å². The molecule has 1 fully saturated rings. The summed E-state index contributed by atoms with van der Waals surface area (Å²) >= 11 is 6.03. The third-order valence-corrected chi connectivity index (χ3v) is 7.99. The summed E-state index contributed by atoms with van der Waals surface area (Å²) in [6.45, 7) is 5.28. The molecule has 39 heavy (non-hydrogen) atoms. The lowest BCUT2D eigenvalue weighted by Crippen LogP contribution is -2.40. The van der Waals surface area contributed by atoms with Crippen molar-refractivity contribution in [3.05, 3.63) is 89.3 Å². The highest BCUT2D eigenvalue weighted by molar-refractivity contribution is 7.92. The maximum atomic E-state index is 15.2. The van der Waals surface area contributed by atoms with Gasteiger partial charge in [0.1, 0.15) is 10.6 Å². The van der Waals surface area contributed by atoms with Crippen molar-refractivity contribution in [1.82, 2.24) is 9.97 Å². The largest absolute Gasteiger partial charge is 0.454 e. The van der Waals surface area contributed by atoms with Crippen LogP contribution in [0.1, 0.15) is 25.3 Å². The third kappa shape index (κ3) is 6.13. The van der Waals surface area contributed by atoms with Gasteiger partial charge in [0, 0.05) is 17.8 Å². The van der Waals surface area contributed by atoms with Crippen LogP contribution in [-0.4, -0.2) is 37.6 Å². The summed E-state index contributed by atoms with van der Waals surface area (Å²) in [5.41, 5.74) is 2.28. The molecule has 0 spiro atoms. The van der Waals surface area contributed by atoms with Crippen molar-refractivity contribution in [2.45, 2.75) is 30.7 Å². The summed E-state index contributed by atoms with van der Waals surface area (Å²) in [5.74, 6) is 0.249. The monoisotopic (exact) mass is 568 g/mol. The molecule has 1 aliphatic heterocycles. The molecule has 5 rings (SSSR count). The van der Waals surface area contributed by atoms with Crippen LogP contribution < -0.4 is 14.8 Å². The molecule has 1 aliphatic rings. The first-order valence-electron chi connectivity index (χ1n) is 12.3. The van der Waals surface area contributed by atoms with Gasteiger partial charge in [-0.25, -0.2) is 22.8 Å². The Balaban J connectivity index is 1.43. The molecule has 2 N–H and O–H groups in total. The molecule has 202 valence electrons. The number of aromatic nitrogens is 2. The number of nitrogens with zero attached hydrogens (tertiary/aromatic N) is 2. The quantitative estimate of drug-likeness (QED) is 0.239. The van der Waals surface area contributed by atoms with Gasteiger partial charge in [-0.15, -0.1) is 0 Å². The summed E-state index contributed by atoms with van der Waals surface area (Å²) in [5, 5.41) is 3.29. The molecule has 2 heterocycles. The molecule has 0 atom stereocenters. The van der Waals surface area contributed by atoms with Gasteiger partial charge in [-0.3, -0.25) is 4.72 Å². The standard InChI is InChI=1S/C28H26ClFN4O4S/c1-17(2)18-7-9-21(24-11-12-31-28(33-24)32-20-15-37-16-20)26(13-18)38-25-10-8-19(14-23(25)30)34-39(35,36)27-6-4-3-5-22(27)29/h3-14,17,20,34H,15-16H2,1-2H3,(H,31,32,33). The number of ether oxygens (including phenoxy) is 2. The Kier molecular flexibility index (Phi) is 7.69. The van der Waals surface area contributed by atoms with E-state index >= 15 is 4.39 Å². The minimum Gasteiger partial charge on any atom is -0.454 e. The van der Waals surface area contributed by atoms with E-state index in [1.54, 1.807) is 24.4 Å². The zero-order valence-electron chi connectivity index (χ0n) is 21.2. The highest BCUT2D eigenvalue weighted by atomic mass is 35.5. The van der Waals surface area contributed by atoms with Crippen LogP contribution in [0.4, 0.5) is 16.0 Å². The van der Waals surface area contributed by atoms with Gasteiger partial charge in [0.05, 0.1) is 35.7 Å². The first kappa shape index (κ1) is 26.9. The molecular formula is C28H26ClFN4O4S. The zero-order valence-corrected chi connectivity index (χ0v) is 22.8. The van der Waals surface area contributed by atoms with Gasteiger partial charge in [0.25, 0.3) is 10.0 Å². The van der Waals surface area contributed by atoms with E-state index in [-0.39, 0.29) is 33.3 Å². The Labute approximate surface area is 231 Å². The van der Waals surface area contributed by atoms with Gasteiger partial charge >= 0.3 is 0 Å². The Morgan fingerprint density at radius 1 is 1.05 bits per heavy atom. The van der Waals surface area contributed by atoms with Crippen molar-refractivity contribution >= 4 is 33.3 Å². The predicted molar refractivity (Wildman–Crippen MR) is 149 cm³/mol. The average Bonchev–Trinajstić information content (AvgIpc) is 2.88. The van der Waals surface area contributed by atoms with Gasteiger partial charge < -0.3 is 14.8 Å². The maximum Gasteiger partial charge on any atom is 0.263 e. The number of benzene rings is 3. The Bertz CT molecular complexity index is 1610. The van der Waals surface area contributed by atoms with E-state index in [1.165, 1.54) is 24.3 Å². The van der Waals surface area contributed by atoms with E-state index in [4.69, 9.17) is 21.1 Å². The molecule has 8 nitrogen and oxygen atoms in total. The van der Waals surface area contributed by atoms with Gasteiger partial charge in [-0.2, -0.15) is 0 Å². The number of rotatable bonds is 9. The minimum absolute atomic E-state index is 0.0300. The molecule has 11 heteroatoms. The van der Waals surface area contributed by atoms with E-state index in [2.05, 4.69) is 20.0 Å². The average molecular weight is 569 g/mol. The van der Waals surface area contributed by atoms with E-state index < -0.39 is 15.8 Å². The number of nitrogens with one attached hydrogen (secondary N) is 2. The fourth-order valence-electron chi connectivity index (χ4n) is 3.91. The van der Waals surface area contributed by atoms with Crippen molar-refractivity contribution in [3.63, 3.8) is 0 Å². The Hall–Kier alpha value is -3.73. The number of hydrogen-bond donors (Lipinski definition) is 2. The van der Waals surface area contributed by atoms with Gasteiger partial charge in [-0.1, -0.05) is 43.6 Å². The van der Waals surface area contributed by atoms with Crippen LogP contribution in [0.3, 0.4) is 0 Å². The van der Waals surface area contributed by atoms with Crippen molar-refractivity contribution in [1.29, 1.82) is 0 Å². The molecule has 0 amide bonds. The van der Waals surface area contributed by atoms with E-state index in [1.807, 2.05) is 32.0 Å². The van der Waals surface area contributed by atoms with Gasteiger partial charge in [0.15, 0.2) is 11.6 Å². The van der Waals surface area contributed by atoms with Crippen LogP contribution in [0, 0.1) is 5.82 Å². The molecule has 4 aromatic rings. The third-order valence-electron chi connectivity index (χ3n) is 6.11. The minimum atomic E-state index is -4.02. The SMILES string of the molecule is CC(C)c1ccc(-c2ccnc(NC3COC3)n2)c(Oc2ccc(NS(=O)(=O)c3ccccc3Cl)cc2F)c1. The second-order valence-electron chi connectivity index (χ2n) is 9.34. The van der Waals surface area contributed by atoms with Crippen LogP contribution >= 0.6 is 11.6 Å². The summed E-state index contributed by atoms with van der Waals surface area (Å²) in [7, 11) is -4.02. The Morgan fingerprint density at radius 3 is 2.54 bits per heavy atom. The molecule has 0 saturated carbocycles. The zero-order chi connectivity index (χ0) is 27.6. The van der Waals surface area contributed by atoms with Crippen LogP contribution in [0.5, 0.6) is 11.5 Å². The molecular weight excluding hydrogens is 543 g/mol. The topological polar surface area (TPSA) is 102 Å². The second-order valence-corrected chi connectivity index (χ2v) is 11.4. The van der Waals surface area contributed by atoms with Gasteiger partial charge in [0.2, 0.25) is 5.95 Å². The van der Waals surface area contributed by atoms with Crippen molar-refractivity contribution in [3.8, 4) is 22.8 Å². The van der Waals surface area contributed by atoms with Crippen LogP contribution in [-0.2, 0) is 14.8 Å². The Morgan fingerprint density at radius 2 is 1.85 bits per heavy atom. The number of halogens is 2. The number of hydrogen-bond acceptors (Lipinski definition) is 7. The summed E-state index contributed by atoms with van der Waals surface area (Å²) in [4.78, 5) is 8.79. The van der Waals surface area contributed by atoms with Crippen LogP contribution in [0.2, 0.25) is 5.02 Å². The normalized spacial score (nSPS) is 13.7. The van der Waals surface area contributed by atoms with Crippen LogP contribution in [0.25, 0.3) is 11.3 Å². The highest BCUT2D eigenvalue weighted by Crippen LogP contribution is 2.37. The van der Waals surface area contributed by atoms with E-state index in [9.17, 15) is 8.42 Å². The lowest BCUT2D eigenvalue weighted by atomic mass is 9.99. The fourth-order valence-corrected chi connectivity index (χ4v) is 5.48. The maximum absolute atomic E-state index is 15.2. The molecule has 0 bridgehead atoms. The van der Waals surface area contributed by atoms with Crippen molar-refractivity contribution in [2.75, 3.05) is 23.3 Å². The molecule has 1 aromatic heterocycles. The number of sulfonamides is 1. The van der Waals surface area contributed by atoms with Crippen LogP contribution in [0.15, 0.2) is 77.8 Å². The molecule has 3 aromatic carbocycles. The molecule has 0 aliphatic carbocycles. The second kappa shape index (κ2) is 11.2. The van der Waals surface area contributed by atoms with Gasteiger partial charge in [-0.05, 0) is 53.9 Å². The molecule has 0 radical (unpaired) electrons. The molecule has 1 saturated heterocycles. The van der Waals surface area contributed by atoms with E-state index in [0.717, 1.165) is 11.6 Å². The predicted octanol–water partition coefficient (Wildman–Crippen LogP) is 6.46. The lowest BCUT2D eigenvalue weighted by molar-refractivity contribution is 0.0208. The summed E-state index contributed by atoms with van der Waals surface area (Å²) in [6.07, 6.45) is 1.64. The smallest absolute Gasteiger partial charge is 0.263 e. The fraction of sp³-hybridized carbons (Fsp3) is 0.214. The van der Waals surface area contributed by atoms with Crippen molar-refractivity contribution in [2.24, 2.45) is 0 Å². The summed E-state index contributed by atoms with van der Waals surface area (Å²) < 4.78 is 54.3. The summed E-state index contributed by atoms with van der Waals surface area (Å²) in [6, 6.07) is 17.5. The highest BCUT2D eigenvalue weighted by Gasteiger charge is 2.21. The molecule has 0 unspecified atom stereocenters. The first-order chi connectivity index (χ1) is 18.7. The van der Waals surface area contributed by atoms with Crippen molar-refractivity contribution < 1.29 is 22.3 Å². The lowest BCUT2D eigenvalue weighted by Gasteiger charge is -2.26. The number of anilines is 2.